The van der Waals surface area contributed by atoms with Crippen LogP contribution >= 0.6 is 0 Å². The van der Waals surface area contributed by atoms with Crippen molar-refractivity contribution in [1.82, 2.24) is 10.2 Å². The number of carbonyl (C=O) groups excluding carboxylic acids is 2. The molecule has 3 rings (SSSR count). The van der Waals surface area contributed by atoms with Crippen LogP contribution in [0, 0.1) is 11.7 Å². The van der Waals surface area contributed by atoms with Crippen LogP contribution in [0.5, 0.6) is 0 Å². The summed E-state index contributed by atoms with van der Waals surface area (Å²) >= 11 is 0. The van der Waals surface area contributed by atoms with Crippen molar-refractivity contribution in [2.45, 2.75) is 39.8 Å². The molecular weight excluding hydrogens is 381 g/mol. The third-order valence-corrected chi connectivity index (χ3v) is 5.47. The molecule has 160 valence electrons. The maximum atomic E-state index is 14.4. The molecule has 1 fully saturated rings. The molecule has 30 heavy (non-hydrogen) atoms. The monoisotopic (exact) mass is 411 g/mol. The second-order valence-electron chi connectivity index (χ2n) is 8.16. The summed E-state index contributed by atoms with van der Waals surface area (Å²) in [5.41, 5.74) is 2.85. The van der Waals surface area contributed by atoms with Gasteiger partial charge >= 0.3 is 0 Å². The van der Waals surface area contributed by atoms with E-state index in [2.05, 4.69) is 10.2 Å². The Labute approximate surface area is 177 Å². The van der Waals surface area contributed by atoms with E-state index in [0.29, 0.717) is 17.7 Å². The van der Waals surface area contributed by atoms with Gasteiger partial charge in [0.2, 0.25) is 5.91 Å². The zero-order valence-electron chi connectivity index (χ0n) is 18.0. The Bertz CT molecular complexity index is 890. The van der Waals surface area contributed by atoms with E-state index in [9.17, 15) is 14.0 Å². The topological polar surface area (TPSA) is 52.7 Å². The van der Waals surface area contributed by atoms with Gasteiger partial charge in [0.1, 0.15) is 5.82 Å². The fourth-order valence-corrected chi connectivity index (χ4v) is 3.80. The molecule has 5 nitrogen and oxygen atoms in total. The van der Waals surface area contributed by atoms with Gasteiger partial charge in [-0.2, -0.15) is 0 Å². The molecule has 6 heteroatoms. The van der Waals surface area contributed by atoms with Gasteiger partial charge in [0.15, 0.2) is 0 Å². The first kappa shape index (κ1) is 21.8. The smallest absolute Gasteiger partial charge is 0.251 e. The highest BCUT2D eigenvalue weighted by Crippen LogP contribution is 2.26. The third-order valence-electron chi connectivity index (χ3n) is 5.47. The highest BCUT2D eigenvalue weighted by Gasteiger charge is 2.19. The first-order chi connectivity index (χ1) is 14.4. The van der Waals surface area contributed by atoms with Gasteiger partial charge in [-0.15, -0.1) is 0 Å². The van der Waals surface area contributed by atoms with E-state index in [1.807, 2.05) is 32.0 Å². The van der Waals surface area contributed by atoms with Crippen LogP contribution in [0.25, 0.3) is 0 Å². The predicted octanol–water partition coefficient (Wildman–Crippen LogP) is 3.97. The minimum Gasteiger partial charge on any atom is -0.371 e. The number of nitrogens with one attached hydrogen (secondary N) is 1. The van der Waals surface area contributed by atoms with Gasteiger partial charge in [-0.25, -0.2) is 4.39 Å². The van der Waals surface area contributed by atoms with Gasteiger partial charge in [0.25, 0.3) is 5.91 Å². The van der Waals surface area contributed by atoms with Crippen molar-refractivity contribution in [2.75, 3.05) is 25.0 Å². The van der Waals surface area contributed by atoms with Crippen LogP contribution in [0.15, 0.2) is 42.5 Å². The van der Waals surface area contributed by atoms with Crippen LogP contribution in [0.4, 0.5) is 10.1 Å². The summed E-state index contributed by atoms with van der Waals surface area (Å²) in [5.74, 6) is -0.518. The first-order valence-electron chi connectivity index (χ1n) is 10.5. The lowest BCUT2D eigenvalue weighted by atomic mass is 10.1. The lowest BCUT2D eigenvalue weighted by Gasteiger charge is -2.22. The summed E-state index contributed by atoms with van der Waals surface area (Å²) in [6.45, 7) is 6.21. The fourth-order valence-electron chi connectivity index (χ4n) is 3.80. The Morgan fingerprint density at radius 3 is 2.40 bits per heavy atom. The Balaban J connectivity index is 1.63. The molecule has 2 aromatic rings. The Morgan fingerprint density at radius 2 is 1.77 bits per heavy atom. The number of anilines is 1. The van der Waals surface area contributed by atoms with E-state index in [1.54, 1.807) is 30.1 Å². The third kappa shape index (κ3) is 5.17. The molecule has 1 aliphatic heterocycles. The van der Waals surface area contributed by atoms with Crippen LogP contribution in [0.3, 0.4) is 0 Å². The van der Waals surface area contributed by atoms with Crippen molar-refractivity contribution in [3.05, 3.63) is 65.0 Å². The minimum absolute atomic E-state index is 0.0520. The highest BCUT2D eigenvalue weighted by atomic mass is 19.1. The molecule has 1 saturated heterocycles. The zero-order chi connectivity index (χ0) is 21.7. The standard InChI is InChI=1S/C24H30FN3O2/c1-17(2)24(30)27(3)16-18-9-11-19(12-10-18)23(29)26-15-20-21(25)7-6-8-22(20)28-13-4-5-14-28/h6-12,17H,4-5,13-16H2,1-3H3,(H,26,29). The predicted molar refractivity (Wildman–Crippen MR) is 117 cm³/mol. The van der Waals surface area contributed by atoms with Gasteiger partial charge in [0, 0.05) is 56.0 Å². The molecule has 0 atom stereocenters. The summed E-state index contributed by atoms with van der Waals surface area (Å²) in [6.07, 6.45) is 2.21. The molecule has 0 aliphatic carbocycles. The average molecular weight is 412 g/mol. The van der Waals surface area contributed by atoms with Crippen molar-refractivity contribution in [1.29, 1.82) is 0 Å². The van der Waals surface area contributed by atoms with Gasteiger partial charge in [0.05, 0.1) is 0 Å². The molecule has 2 aromatic carbocycles. The molecule has 1 aliphatic rings. The lowest BCUT2D eigenvalue weighted by Crippen LogP contribution is -2.30. The Kier molecular flexibility index (Phi) is 7.08. The molecule has 1 N–H and O–H groups in total. The second kappa shape index (κ2) is 9.74. The van der Waals surface area contributed by atoms with E-state index in [-0.39, 0.29) is 30.1 Å². The molecule has 2 amide bonds. The summed E-state index contributed by atoms with van der Waals surface area (Å²) in [4.78, 5) is 28.5. The largest absolute Gasteiger partial charge is 0.371 e. The van der Waals surface area contributed by atoms with Gasteiger partial charge in [-0.05, 0) is 42.7 Å². The zero-order valence-corrected chi connectivity index (χ0v) is 18.0. The summed E-state index contributed by atoms with van der Waals surface area (Å²) in [5, 5.41) is 2.84. The first-order valence-corrected chi connectivity index (χ1v) is 10.5. The Hall–Kier alpha value is -2.89. The fraction of sp³-hybridized carbons (Fsp3) is 0.417. The minimum atomic E-state index is -0.298. The van der Waals surface area contributed by atoms with E-state index in [1.165, 1.54) is 6.07 Å². The number of halogens is 1. The van der Waals surface area contributed by atoms with Gasteiger partial charge < -0.3 is 15.1 Å². The average Bonchev–Trinajstić information content (AvgIpc) is 3.27. The van der Waals surface area contributed by atoms with Crippen molar-refractivity contribution >= 4 is 17.5 Å². The molecule has 0 saturated carbocycles. The van der Waals surface area contributed by atoms with Crippen LogP contribution in [-0.4, -0.2) is 36.9 Å². The number of rotatable bonds is 7. The molecular formula is C24H30FN3O2. The maximum absolute atomic E-state index is 14.4. The van der Waals surface area contributed by atoms with Crippen molar-refractivity contribution in [2.24, 2.45) is 5.92 Å². The number of hydrogen-bond donors (Lipinski definition) is 1. The molecule has 0 radical (unpaired) electrons. The second-order valence-corrected chi connectivity index (χ2v) is 8.16. The highest BCUT2D eigenvalue weighted by molar-refractivity contribution is 5.94. The van der Waals surface area contributed by atoms with Crippen LogP contribution < -0.4 is 10.2 Å². The molecule has 0 unspecified atom stereocenters. The van der Waals surface area contributed by atoms with Gasteiger partial charge in [-0.1, -0.05) is 32.0 Å². The number of benzene rings is 2. The van der Waals surface area contributed by atoms with Crippen LogP contribution in [0.2, 0.25) is 0 Å². The maximum Gasteiger partial charge on any atom is 0.251 e. The van der Waals surface area contributed by atoms with Crippen molar-refractivity contribution in [3.8, 4) is 0 Å². The number of amides is 2. The SMILES string of the molecule is CC(C)C(=O)N(C)Cc1ccc(C(=O)NCc2c(F)cccc2N2CCCC2)cc1. The summed E-state index contributed by atoms with van der Waals surface area (Å²) in [6, 6.07) is 12.2. The Morgan fingerprint density at radius 1 is 1.10 bits per heavy atom. The quantitative estimate of drug-likeness (QED) is 0.750. The van der Waals surface area contributed by atoms with Crippen molar-refractivity contribution in [3.63, 3.8) is 0 Å². The summed E-state index contributed by atoms with van der Waals surface area (Å²) < 4.78 is 14.4. The number of carbonyl (C=O) groups is 2. The molecule has 0 aromatic heterocycles. The van der Waals surface area contributed by atoms with E-state index < -0.39 is 0 Å². The molecule has 0 bridgehead atoms. The molecule has 1 heterocycles. The number of nitrogens with zero attached hydrogens (tertiary/aromatic N) is 2. The van der Waals surface area contributed by atoms with Crippen LogP contribution in [-0.2, 0) is 17.9 Å². The van der Waals surface area contributed by atoms with Crippen LogP contribution in [0.1, 0.15) is 48.2 Å². The normalized spacial score (nSPS) is 13.6. The lowest BCUT2D eigenvalue weighted by molar-refractivity contribution is -0.133. The van der Waals surface area contributed by atoms with Gasteiger partial charge in [-0.3, -0.25) is 9.59 Å². The summed E-state index contributed by atoms with van der Waals surface area (Å²) in [7, 11) is 1.77. The van der Waals surface area contributed by atoms with E-state index in [4.69, 9.17) is 0 Å². The van der Waals surface area contributed by atoms with Crippen molar-refractivity contribution < 1.29 is 14.0 Å². The number of hydrogen-bond acceptors (Lipinski definition) is 3. The van der Waals surface area contributed by atoms with E-state index >= 15 is 0 Å². The molecule has 0 spiro atoms. The van der Waals surface area contributed by atoms with E-state index in [0.717, 1.165) is 37.2 Å².